The summed E-state index contributed by atoms with van der Waals surface area (Å²) in [7, 11) is 0. The minimum Gasteiger partial charge on any atom is -0.484 e. The molecule has 0 fully saturated rings. The molecule has 0 radical (unpaired) electrons. The third-order valence-corrected chi connectivity index (χ3v) is 3.82. The number of benzene rings is 2. The normalized spacial score (nSPS) is 10.5. The van der Waals surface area contributed by atoms with Crippen LogP contribution < -0.4 is 10.1 Å². The van der Waals surface area contributed by atoms with Gasteiger partial charge in [0.05, 0.1) is 5.52 Å². The SMILES string of the molecule is Cc1ccc(OCC(=O)NCCc2cccc3cccnc23)cc1. The van der Waals surface area contributed by atoms with E-state index < -0.39 is 0 Å². The van der Waals surface area contributed by atoms with Crippen LogP contribution in [-0.4, -0.2) is 24.0 Å². The maximum Gasteiger partial charge on any atom is 0.257 e. The number of rotatable bonds is 6. The molecule has 0 aliphatic carbocycles. The smallest absolute Gasteiger partial charge is 0.257 e. The summed E-state index contributed by atoms with van der Waals surface area (Å²) in [6, 6.07) is 17.7. The van der Waals surface area contributed by atoms with Crippen LogP contribution in [0.15, 0.2) is 60.8 Å². The van der Waals surface area contributed by atoms with Crippen molar-refractivity contribution in [3.63, 3.8) is 0 Å². The Morgan fingerprint density at radius 1 is 1.08 bits per heavy atom. The highest BCUT2D eigenvalue weighted by molar-refractivity contribution is 5.81. The van der Waals surface area contributed by atoms with Crippen LogP contribution in [-0.2, 0) is 11.2 Å². The molecule has 1 amide bonds. The second-order valence-corrected chi connectivity index (χ2v) is 5.69. The number of nitrogens with zero attached hydrogens (tertiary/aromatic N) is 1. The molecule has 0 saturated carbocycles. The van der Waals surface area contributed by atoms with Gasteiger partial charge in [0.25, 0.3) is 5.91 Å². The summed E-state index contributed by atoms with van der Waals surface area (Å²) >= 11 is 0. The Labute approximate surface area is 141 Å². The van der Waals surface area contributed by atoms with Gasteiger partial charge in [-0.3, -0.25) is 9.78 Å². The van der Waals surface area contributed by atoms with Crippen molar-refractivity contribution in [2.24, 2.45) is 0 Å². The first-order valence-electron chi connectivity index (χ1n) is 8.01. The van der Waals surface area contributed by atoms with Gasteiger partial charge in [0.1, 0.15) is 5.75 Å². The first kappa shape index (κ1) is 16.0. The minimum atomic E-state index is -0.122. The molecule has 0 unspecified atom stereocenters. The van der Waals surface area contributed by atoms with Gasteiger partial charge in [-0.15, -0.1) is 0 Å². The van der Waals surface area contributed by atoms with Crippen LogP contribution in [0.4, 0.5) is 0 Å². The molecule has 3 aromatic rings. The molecule has 1 aromatic heterocycles. The third-order valence-electron chi connectivity index (χ3n) is 3.82. The van der Waals surface area contributed by atoms with Crippen molar-refractivity contribution in [1.29, 1.82) is 0 Å². The van der Waals surface area contributed by atoms with Gasteiger partial charge in [0.2, 0.25) is 0 Å². The number of aryl methyl sites for hydroxylation is 1. The van der Waals surface area contributed by atoms with E-state index in [0.29, 0.717) is 12.3 Å². The van der Waals surface area contributed by atoms with Gasteiger partial charge in [-0.2, -0.15) is 0 Å². The fourth-order valence-corrected chi connectivity index (χ4v) is 2.54. The zero-order valence-corrected chi connectivity index (χ0v) is 13.7. The van der Waals surface area contributed by atoms with Crippen LogP contribution in [0.25, 0.3) is 10.9 Å². The standard InChI is InChI=1S/C20H20N2O2/c1-15-7-9-18(10-8-15)24-14-19(23)21-13-11-17-5-2-4-16-6-3-12-22-20(16)17/h2-10,12H,11,13-14H2,1H3,(H,21,23). The Morgan fingerprint density at radius 2 is 1.88 bits per heavy atom. The van der Waals surface area contributed by atoms with E-state index in [4.69, 9.17) is 4.74 Å². The van der Waals surface area contributed by atoms with E-state index in [0.717, 1.165) is 28.5 Å². The van der Waals surface area contributed by atoms with E-state index >= 15 is 0 Å². The fourth-order valence-electron chi connectivity index (χ4n) is 2.54. The highest BCUT2D eigenvalue weighted by Gasteiger charge is 2.05. The number of pyridine rings is 1. The van der Waals surface area contributed by atoms with Crippen molar-refractivity contribution in [1.82, 2.24) is 10.3 Å². The lowest BCUT2D eigenvalue weighted by molar-refractivity contribution is -0.123. The Kier molecular flexibility index (Phi) is 5.06. The quantitative estimate of drug-likeness (QED) is 0.758. The summed E-state index contributed by atoms with van der Waals surface area (Å²) in [5.41, 5.74) is 3.29. The Bertz CT molecular complexity index is 823. The summed E-state index contributed by atoms with van der Waals surface area (Å²) in [5, 5.41) is 4.00. The number of aromatic nitrogens is 1. The third kappa shape index (κ3) is 4.10. The first-order valence-corrected chi connectivity index (χ1v) is 8.01. The van der Waals surface area contributed by atoms with Gasteiger partial charge in [-0.25, -0.2) is 0 Å². The monoisotopic (exact) mass is 320 g/mol. The minimum absolute atomic E-state index is 0.0247. The van der Waals surface area contributed by atoms with Gasteiger partial charge in [-0.05, 0) is 37.1 Å². The van der Waals surface area contributed by atoms with E-state index in [-0.39, 0.29) is 12.5 Å². The molecule has 1 N–H and O–H groups in total. The van der Waals surface area contributed by atoms with Gasteiger partial charge >= 0.3 is 0 Å². The van der Waals surface area contributed by atoms with Crippen LogP contribution >= 0.6 is 0 Å². The number of para-hydroxylation sites is 1. The predicted molar refractivity (Wildman–Crippen MR) is 95.1 cm³/mol. The average Bonchev–Trinajstić information content (AvgIpc) is 2.61. The number of hydrogen-bond donors (Lipinski definition) is 1. The zero-order chi connectivity index (χ0) is 16.8. The van der Waals surface area contributed by atoms with Crippen molar-refractivity contribution in [3.8, 4) is 5.75 Å². The Balaban J connectivity index is 1.48. The molecule has 0 aliphatic rings. The highest BCUT2D eigenvalue weighted by Crippen LogP contribution is 2.16. The topological polar surface area (TPSA) is 51.2 Å². The molecule has 3 rings (SSSR count). The molecule has 0 spiro atoms. The largest absolute Gasteiger partial charge is 0.484 e. The second kappa shape index (κ2) is 7.59. The number of fused-ring (bicyclic) bond motifs is 1. The van der Waals surface area contributed by atoms with E-state index in [1.54, 1.807) is 6.20 Å². The summed E-state index contributed by atoms with van der Waals surface area (Å²) in [6.07, 6.45) is 2.53. The lowest BCUT2D eigenvalue weighted by atomic mass is 10.1. The van der Waals surface area contributed by atoms with E-state index in [2.05, 4.69) is 10.3 Å². The molecular weight excluding hydrogens is 300 g/mol. The van der Waals surface area contributed by atoms with Crippen LogP contribution in [0.3, 0.4) is 0 Å². The number of carbonyl (C=O) groups excluding carboxylic acids is 1. The lowest BCUT2D eigenvalue weighted by Gasteiger charge is -2.09. The van der Waals surface area contributed by atoms with Crippen LogP contribution in [0.1, 0.15) is 11.1 Å². The molecule has 0 bridgehead atoms. The number of ether oxygens (including phenoxy) is 1. The predicted octanol–water partition coefficient (Wildman–Crippen LogP) is 3.28. The molecule has 2 aromatic carbocycles. The van der Waals surface area contributed by atoms with Crippen molar-refractivity contribution in [2.75, 3.05) is 13.2 Å². The number of carbonyl (C=O) groups is 1. The van der Waals surface area contributed by atoms with Crippen molar-refractivity contribution in [3.05, 3.63) is 71.9 Å². The summed E-state index contributed by atoms with van der Waals surface area (Å²) in [4.78, 5) is 16.3. The van der Waals surface area contributed by atoms with Crippen LogP contribution in [0.2, 0.25) is 0 Å². The number of hydrogen-bond acceptors (Lipinski definition) is 3. The van der Waals surface area contributed by atoms with Gasteiger partial charge < -0.3 is 10.1 Å². The molecule has 4 heteroatoms. The van der Waals surface area contributed by atoms with Crippen molar-refractivity contribution < 1.29 is 9.53 Å². The maximum absolute atomic E-state index is 11.9. The first-order chi connectivity index (χ1) is 11.7. The van der Waals surface area contributed by atoms with Crippen LogP contribution in [0, 0.1) is 6.92 Å². The zero-order valence-electron chi connectivity index (χ0n) is 13.7. The molecule has 0 atom stereocenters. The summed E-state index contributed by atoms with van der Waals surface area (Å²) in [6.45, 7) is 2.60. The molecule has 24 heavy (non-hydrogen) atoms. The van der Waals surface area contributed by atoms with E-state index in [1.165, 1.54) is 0 Å². The van der Waals surface area contributed by atoms with Gasteiger partial charge in [0.15, 0.2) is 6.61 Å². The maximum atomic E-state index is 11.9. The Hall–Kier alpha value is -2.88. The van der Waals surface area contributed by atoms with Crippen molar-refractivity contribution >= 4 is 16.8 Å². The van der Waals surface area contributed by atoms with E-state index in [9.17, 15) is 4.79 Å². The summed E-state index contributed by atoms with van der Waals surface area (Å²) in [5.74, 6) is 0.581. The molecule has 0 aliphatic heterocycles. The highest BCUT2D eigenvalue weighted by atomic mass is 16.5. The molecule has 4 nitrogen and oxygen atoms in total. The van der Waals surface area contributed by atoms with E-state index in [1.807, 2.05) is 61.5 Å². The Morgan fingerprint density at radius 3 is 2.71 bits per heavy atom. The van der Waals surface area contributed by atoms with Gasteiger partial charge in [-0.1, -0.05) is 42.0 Å². The number of nitrogens with one attached hydrogen (secondary N) is 1. The van der Waals surface area contributed by atoms with Gasteiger partial charge in [0, 0.05) is 18.1 Å². The fraction of sp³-hybridized carbons (Fsp3) is 0.200. The molecular formula is C20H20N2O2. The molecule has 122 valence electrons. The lowest BCUT2D eigenvalue weighted by Crippen LogP contribution is -2.30. The van der Waals surface area contributed by atoms with Crippen molar-refractivity contribution in [2.45, 2.75) is 13.3 Å². The second-order valence-electron chi connectivity index (χ2n) is 5.69. The molecule has 1 heterocycles. The summed E-state index contributed by atoms with van der Waals surface area (Å²) < 4.78 is 5.47. The average molecular weight is 320 g/mol. The van der Waals surface area contributed by atoms with Crippen LogP contribution in [0.5, 0.6) is 5.75 Å². The number of amides is 1. The molecule has 0 saturated heterocycles.